The maximum absolute atomic E-state index is 5.60. The summed E-state index contributed by atoms with van der Waals surface area (Å²) >= 11 is 0. The Morgan fingerprint density at radius 3 is 2.33 bits per heavy atom. The lowest BCUT2D eigenvalue weighted by atomic mass is 9.59. The topological polar surface area (TPSA) is 24.5 Å². The fourth-order valence-electron chi connectivity index (χ4n) is 4.11. The Hall–Kier alpha value is -0.120. The van der Waals surface area contributed by atoms with E-state index in [1.54, 1.807) is 0 Å². The Morgan fingerprint density at radius 1 is 1.22 bits per heavy atom. The van der Waals surface area contributed by atoms with Crippen molar-refractivity contribution in [3.05, 3.63) is 0 Å². The summed E-state index contributed by atoms with van der Waals surface area (Å²) in [6.45, 7) is 11.6. The monoisotopic (exact) mass is 252 g/mol. The first kappa shape index (κ1) is 12.9. The molecule has 0 spiro atoms. The molecule has 3 fully saturated rings. The van der Waals surface area contributed by atoms with Gasteiger partial charge in [-0.25, -0.2) is 0 Å². The highest BCUT2D eigenvalue weighted by Gasteiger charge is 2.51. The van der Waals surface area contributed by atoms with E-state index in [1.165, 1.54) is 38.8 Å². The summed E-state index contributed by atoms with van der Waals surface area (Å²) < 4.78 is 5.60. The summed E-state index contributed by atoms with van der Waals surface area (Å²) in [5, 5.41) is 3.46. The molecule has 3 rings (SSSR count). The van der Waals surface area contributed by atoms with E-state index < -0.39 is 0 Å². The maximum atomic E-state index is 5.60. The third kappa shape index (κ3) is 2.21. The highest BCUT2D eigenvalue weighted by molar-refractivity contribution is 5.01. The van der Waals surface area contributed by atoms with Gasteiger partial charge in [-0.3, -0.25) is 4.90 Å². The number of hydrogen-bond acceptors (Lipinski definition) is 3. The van der Waals surface area contributed by atoms with Crippen molar-refractivity contribution in [3.8, 4) is 0 Å². The molecule has 0 amide bonds. The summed E-state index contributed by atoms with van der Waals surface area (Å²) in [7, 11) is 0. The Kier molecular flexibility index (Phi) is 3.41. The van der Waals surface area contributed by atoms with Crippen molar-refractivity contribution >= 4 is 0 Å². The van der Waals surface area contributed by atoms with Crippen LogP contribution in [0, 0.1) is 11.3 Å². The van der Waals surface area contributed by atoms with Gasteiger partial charge in [0.05, 0.1) is 13.2 Å². The van der Waals surface area contributed by atoms with Gasteiger partial charge >= 0.3 is 0 Å². The number of nitrogens with zero attached hydrogens (tertiary/aromatic N) is 1. The minimum atomic E-state index is 0.335. The SMILES string of the molecule is CC(C)(CC1(C2CCC2)COC1)N1CCNCC1. The highest BCUT2D eigenvalue weighted by Crippen LogP contribution is 2.51. The Bertz CT molecular complexity index is 289. The molecule has 3 aliphatic rings. The van der Waals surface area contributed by atoms with Gasteiger partial charge in [0.15, 0.2) is 0 Å². The van der Waals surface area contributed by atoms with Crippen LogP contribution in [0.3, 0.4) is 0 Å². The van der Waals surface area contributed by atoms with E-state index in [2.05, 4.69) is 24.1 Å². The predicted octanol–water partition coefficient (Wildman–Crippen LogP) is 1.88. The second-order valence-corrected chi connectivity index (χ2v) is 7.21. The molecule has 0 radical (unpaired) electrons. The van der Waals surface area contributed by atoms with Crippen LogP contribution in [0.15, 0.2) is 0 Å². The van der Waals surface area contributed by atoms with Crippen molar-refractivity contribution in [1.82, 2.24) is 10.2 Å². The van der Waals surface area contributed by atoms with Crippen LogP contribution >= 0.6 is 0 Å². The van der Waals surface area contributed by atoms with Crippen molar-refractivity contribution in [3.63, 3.8) is 0 Å². The number of ether oxygens (including phenoxy) is 1. The summed E-state index contributed by atoms with van der Waals surface area (Å²) in [6.07, 6.45) is 5.66. The molecule has 1 aliphatic carbocycles. The summed E-state index contributed by atoms with van der Waals surface area (Å²) in [4.78, 5) is 2.68. The molecule has 1 saturated carbocycles. The van der Waals surface area contributed by atoms with E-state index in [0.717, 1.165) is 32.2 Å². The molecule has 0 aromatic heterocycles. The van der Waals surface area contributed by atoms with E-state index in [9.17, 15) is 0 Å². The van der Waals surface area contributed by atoms with Gasteiger partial charge in [-0.15, -0.1) is 0 Å². The van der Waals surface area contributed by atoms with Gasteiger partial charge in [-0.05, 0) is 39.0 Å². The number of rotatable bonds is 4. The van der Waals surface area contributed by atoms with E-state index >= 15 is 0 Å². The fraction of sp³-hybridized carbons (Fsp3) is 1.00. The van der Waals surface area contributed by atoms with Crippen molar-refractivity contribution in [2.75, 3.05) is 39.4 Å². The first-order valence-corrected chi connectivity index (χ1v) is 7.66. The molecule has 2 aliphatic heterocycles. The quantitative estimate of drug-likeness (QED) is 0.827. The van der Waals surface area contributed by atoms with Crippen molar-refractivity contribution in [1.29, 1.82) is 0 Å². The van der Waals surface area contributed by atoms with Crippen LogP contribution in [-0.4, -0.2) is 49.8 Å². The van der Waals surface area contributed by atoms with Crippen LogP contribution < -0.4 is 5.32 Å². The van der Waals surface area contributed by atoms with E-state index in [0.29, 0.717) is 11.0 Å². The van der Waals surface area contributed by atoms with Gasteiger partial charge < -0.3 is 10.1 Å². The van der Waals surface area contributed by atoms with E-state index in [1.807, 2.05) is 0 Å². The minimum absolute atomic E-state index is 0.335. The molecule has 3 heteroatoms. The second-order valence-electron chi connectivity index (χ2n) is 7.21. The Morgan fingerprint density at radius 2 is 1.89 bits per heavy atom. The molecule has 104 valence electrons. The van der Waals surface area contributed by atoms with Crippen molar-refractivity contribution < 1.29 is 4.74 Å². The fourth-order valence-corrected chi connectivity index (χ4v) is 4.11. The number of piperazine rings is 1. The zero-order chi connectivity index (χ0) is 12.6. The van der Waals surface area contributed by atoms with Crippen LogP contribution in [0.4, 0.5) is 0 Å². The third-order valence-electron chi connectivity index (χ3n) is 5.51. The first-order valence-electron chi connectivity index (χ1n) is 7.66. The molecule has 18 heavy (non-hydrogen) atoms. The summed E-state index contributed by atoms with van der Waals surface area (Å²) in [5.41, 5.74) is 0.855. The van der Waals surface area contributed by atoms with Gasteiger partial charge in [0.1, 0.15) is 0 Å². The first-order chi connectivity index (χ1) is 8.62. The smallest absolute Gasteiger partial charge is 0.0548 e. The molecule has 0 unspecified atom stereocenters. The molecule has 0 bridgehead atoms. The second kappa shape index (κ2) is 4.77. The highest BCUT2D eigenvalue weighted by atomic mass is 16.5. The van der Waals surface area contributed by atoms with Crippen LogP contribution in [0.5, 0.6) is 0 Å². The lowest BCUT2D eigenvalue weighted by Crippen LogP contribution is -2.60. The van der Waals surface area contributed by atoms with Gasteiger partial charge in [0, 0.05) is 37.1 Å². The molecule has 0 aromatic rings. The molecular weight excluding hydrogens is 224 g/mol. The lowest BCUT2D eigenvalue weighted by molar-refractivity contribution is -0.182. The Balaban J connectivity index is 1.65. The standard InChI is InChI=1S/C15H28N2O/c1-14(2,17-8-6-16-7-9-17)10-15(11-18-12-15)13-4-3-5-13/h13,16H,3-12H2,1-2H3. The number of nitrogens with one attached hydrogen (secondary N) is 1. The number of hydrogen-bond donors (Lipinski definition) is 1. The van der Waals surface area contributed by atoms with E-state index in [-0.39, 0.29) is 0 Å². The largest absolute Gasteiger partial charge is 0.380 e. The summed E-state index contributed by atoms with van der Waals surface area (Å²) in [6, 6.07) is 0. The zero-order valence-corrected chi connectivity index (χ0v) is 12.0. The van der Waals surface area contributed by atoms with Crippen LogP contribution in [0.1, 0.15) is 39.5 Å². The molecule has 2 saturated heterocycles. The maximum Gasteiger partial charge on any atom is 0.0548 e. The zero-order valence-electron chi connectivity index (χ0n) is 12.0. The van der Waals surface area contributed by atoms with Gasteiger partial charge in [0.25, 0.3) is 0 Å². The Labute approximate surface area is 111 Å². The molecular formula is C15H28N2O. The van der Waals surface area contributed by atoms with Gasteiger partial charge in [-0.2, -0.15) is 0 Å². The van der Waals surface area contributed by atoms with Gasteiger partial charge in [-0.1, -0.05) is 6.42 Å². The van der Waals surface area contributed by atoms with Crippen molar-refractivity contribution in [2.24, 2.45) is 11.3 Å². The van der Waals surface area contributed by atoms with Crippen LogP contribution in [0.2, 0.25) is 0 Å². The molecule has 2 heterocycles. The molecule has 0 aromatic carbocycles. The van der Waals surface area contributed by atoms with Gasteiger partial charge in [0.2, 0.25) is 0 Å². The minimum Gasteiger partial charge on any atom is -0.380 e. The normalized spacial score (nSPS) is 29.7. The van der Waals surface area contributed by atoms with Crippen LogP contribution in [-0.2, 0) is 4.74 Å². The molecule has 0 atom stereocenters. The summed E-state index contributed by atoms with van der Waals surface area (Å²) in [5.74, 6) is 0.952. The predicted molar refractivity (Wildman–Crippen MR) is 73.7 cm³/mol. The average Bonchev–Trinajstić information content (AvgIpc) is 2.24. The molecule has 1 N–H and O–H groups in total. The average molecular weight is 252 g/mol. The lowest BCUT2D eigenvalue weighted by Gasteiger charge is -2.56. The van der Waals surface area contributed by atoms with Crippen LogP contribution in [0.25, 0.3) is 0 Å². The third-order valence-corrected chi connectivity index (χ3v) is 5.51. The van der Waals surface area contributed by atoms with E-state index in [4.69, 9.17) is 4.74 Å². The van der Waals surface area contributed by atoms with Crippen molar-refractivity contribution in [2.45, 2.75) is 45.1 Å². The molecule has 3 nitrogen and oxygen atoms in total.